The van der Waals surface area contributed by atoms with Crippen LogP contribution in [-0.2, 0) is 14.4 Å². The lowest BCUT2D eigenvalue weighted by Crippen LogP contribution is -2.54. The predicted octanol–water partition coefficient (Wildman–Crippen LogP) is 5.30. The van der Waals surface area contributed by atoms with Crippen LogP contribution in [0, 0.1) is 13.8 Å². The van der Waals surface area contributed by atoms with E-state index in [1.54, 1.807) is 12.1 Å². The maximum atomic E-state index is 13.1. The van der Waals surface area contributed by atoms with Crippen molar-refractivity contribution < 1.29 is 28.7 Å². The van der Waals surface area contributed by atoms with E-state index in [0.29, 0.717) is 17.0 Å². The molecule has 1 saturated heterocycles. The molecule has 0 atom stereocenters. The van der Waals surface area contributed by atoms with E-state index in [9.17, 15) is 19.2 Å². The number of halogens is 2. The first-order valence-electron chi connectivity index (χ1n) is 11.6. The second kappa shape index (κ2) is 11.6. The van der Waals surface area contributed by atoms with Crippen LogP contribution in [0.2, 0.25) is 10.0 Å². The third-order valence-corrected chi connectivity index (χ3v) is 6.34. The fraction of sp³-hybridized carbons (Fsp3) is 0.143. The lowest BCUT2D eigenvalue weighted by atomic mass is 10.1. The zero-order valence-corrected chi connectivity index (χ0v) is 22.6. The van der Waals surface area contributed by atoms with Crippen molar-refractivity contribution in [3.8, 4) is 11.5 Å². The molecule has 39 heavy (non-hydrogen) atoms. The molecular formula is C28H23Cl2N3O6. The summed E-state index contributed by atoms with van der Waals surface area (Å²) in [4.78, 5) is 51.3. The predicted molar refractivity (Wildman–Crippen MR) is 148 cm³/mol. The first-order valence-corrected chi connectivity index (χ1v) is 12.4. The molecule has 0 radical (unpaired) electrons. The summed E-state index contributed by atoms with van der Waals surface area (Å²) in [6.07, 6.45) is 1.26. The van der Waals surface area contributed by atoms with Crippen molar-refractivity contribution in [3.63, 3.8) is 0 Å². The van der Waals surface area contributed by atoms with Crippen molar-refractivity contribution in [2.45, 2.75) is 13.8 Å². The van der Waals surface area contributed by atoms with E-state index in [0.717, 1.165) is 16.0 Å². The van der Waals surface area contributed by atoms with Crippen molar-refractivity contribution in [3.05, 3.63) is 86.9 Å². The maximum absolute atomic E-state index is 13.1. The van der Waals surface area contributed by atoms with Crippen molar-refractivity contribution in [2.24, 2.45) is 0 Å². The van der Waals surface area contributed by atoms with Gasteiger partial charge in [0, 0.05) is 5.69 Å². The number of rotatable bonds is 7. The summed E-state index contributed by atoms with van der Waals surface area (Å²) in [5, 5.41) is 5.05. The first kappa shape index (κ1) is 27.7. The van der Waals surface area contributed by atoms with Crippen LogP contribution in [-0.4, -0.2) is 37.5 Å². The molecule has 0 aliphatic carbocycles. The van der Waals surface area contributed by atoms with Crippen molar-refractivity contribution >= 4 is 64.4 Å². The van der Waals surface area contributed by atoms with Crippen LogP contribution in [0.15, 0.2) is 60.2 Å². The minimum absolute atomic E-state index is 0.0561. The molecule has 1 aliphatic heterocycles. The van der Waals surface area contributed by atoms with Gasteiger partial charge in [-0.2, -0.15) is 0 Å². The number of imide groups is 2. The minimum atomic E-state index is -0.883. The average molecular weight is 568 g/mol. The molecule has 0 aromatic heterocycles. The number of nitrogens with zero attached hydrogens (tertiary/aromatic N) is 1. The van der Waals surface area contributed by atoms with Gasteiger partial charge in [-0.25, -0.2) is 9.69 Å². The molecule has 5 amide bonds. The number of methoxy groups -OCH3 is 1. The summed E-state index contributed by atoms with van der Waals surface area (Å²) in [5.74, 6) is -1.51. The van der Waals surface area contributed by atoms with Crippen LogP contribution < -0.4 is 25.0 Å². The quantitative estimate of drug-likeness (QED) is 0.295. The maximum Gasteiger partial charge on any atom is 0.335 e. The molecule has 9 nitrogen and oxygen atoms in total. The van der Waals surface area contributed by atoms with E-state index in [1.165, 1.54) is 37.5 Å². The molecule has 1 heterocycles. The molecule has 200 valence electrons. The Labute approximate surface area is 234 Å². The highest BCUT2D eigenvalue weighted by atomic mass is 35.5. The summed E-state index contributed by atoms with van der Waals surface area (Å²) >= 11 is 12.7. The number of nitrogens with one attached hydrogen (secondary N) is 2. The van der Waals surface area contributed by atoms with Gasteiger partial charge in [0.1, 0.15) is 11.3 Å². The number of barbiturate groups is 1. The molecule has 3 aromatic rings. The van der Waals surface area contributed by atoms with E-state index < -0.39 is 23.8 Å². The van der Waals surface area contributed by atoms with Crippen LogP contribution in [0.3, 0.4) is 0 Å². The molecular weight excluding hydrogens is 545 g/mol. The molecule has 3 aromatic carbocycles. The van der Waals surface area contributed by atoms with Gasteiger partial charge in [0.15, 0.2) is 12.4 Å². The van der Waals surface area contributed by atoms with Crippen LogP contribution in [0.1, 0.15) is 16.7 Å². The SMILES string of the molecule is COc1ccc(N2C(=O)NC(=O)/C(=C\c3cc(Cl)c(OCC(=O)Nc4cc(C)ccc4C)c(Cl)c3)C2=O)cc1. The van der Waals surface area contributed by atoms with Gasteiger partial charge in [0.2, 0.25) is 0 Å². The van der Waals surface area contributed by atoms with Gasteiger partial charge in [0.25, 0.3) is 17.7 Å². The topological polar surface area (TPSA) is 114 Å². The number of carbonyl (C=O) groups excluding carboxylic acids is 4. The summed E-state index contributed by atoms with van der Waals surface area (Å²) < 4.78 is 10.7. The largest absolute Gasteiger partial charge is 0.497 e. The Balaban J connectivity index is 1.52. The fourth-order valence-electron chi connectivity index (χ4n) is 3.79. The van der Waals surface area contributed by atoms with Crippen LogP contribution in [0.4, 0.5) is 16.2 Å². The minimum Gasteiger partial charge on any atom is -0.497 e. The number of carbonyl (C=O) groups is 4. The number of ether oxygens (including phenoxy) is 2. The van der Waals surface area contributed by atoms with Crippen molar-refractivity contribution in [2.75, 3.05) is 23.9 Å². The molecule has 2 N–H and O–H groups in total. The van der Waals surface area contributed by atoms with Crippen LogP contribution in [0.25, 0.3) is 6.08 Å². The highest BCUT2D eigenvalue weighted by molar-refractivity contribution is 6.40. The second-order valence-electron chi connectivity index (χ2n) is 8.62. The van der Waals surface area contributed by atoms with Crippen LogP contribution >= 0.6 is 23.2 Å². The smallest absolute Gasteiger partial charge is 0.335 e. The Morgan fingerprint density at radius 1 is 1.00 bits per heavy atom. The lowest BCUT2D eigenvalue weighted by Gasteiger charge is -2.26. The van der Waals surface area contributed by atoms with E-state index in [4.69, 9.17) is 32.7 Å². The number of hydrogen-bond donors (Lipinski definition) is 2. The molecule has 1 fully saturated rings. The molecule has 1 aliphatic rings. The summed E-state index contributed by atoms with van der Waals surface area (Å²) in [7, 11) is 1.49. The highest BCUT2D eigenvalue weighted by Gasteiger charge is 2.36. The summed E-state index contributed by atoms with van der Waals surface area (Å²) in [6, 6.07) is 13.8. The van der Waals surface area contributed by atoms with E-state index in [2.05, 4.69) is 10.6 Å². The third-order valence-electron chi connectivity index (χ3n) is 5.78. The Morgan fingerprint density at radius 3 is 2.31 bits per heavy atom. The number of aryl methyl sites for hydroxylation is 2. The van der Waals surface area contributed by atoms with Gasteiger partial charge in [0.05, 0.1) is 22.8 Å². The number of anilines is 2. The molecule has 0 unspecified atom stereocenters. The standard InChI is InChI=1S/C28H23Cl2N3O6/c1-15-4-5-16(2)23(10-15)31-24(34)14-39-25-21(29)12-17(13-22(25)30)11-20-26(35)32-28(37)33(27(20)36)18-6-8-19(38-3)9-7-18/h4-13H,14H2,1-3H3,(H,31,34)(H,32,35,37)/b20-11+. The fourth-order valence-corrected chi connectivity index (χ4v) is 4.40. The summed E-state index contributed by atoms with van der Waals surface area (Å²) in [6.45, 7) is 3.44. The second-order valence-corrected chi connectivity index (χ2v) is 9.44. The molecule has 0 spiro atoms. The average Bonchev–Trinajstić information content (AvgIpc) is 2.88. The Kier molecular flexibility index (Phi) is 8.23. The van der Waals surface area contributed by atoms with Crippen molar-refractivity contribution in [1.29, 1.82) is 0 Å². The zero-order chi connectivity index (χ0) is 28.3. The van der Waals surface area contributed by atoms with E-state index in [-0.39, 0.29) is 33.7 Å². The third kappa shape index (κ3) is 6.22. The van der Waals surface area contributed by atoms with Crippen molar-refractivity contribution in [1.82, 2.24) is 5.32 Å². The molecule has 11 heteroatoms. The van der Waals surface area contributed by atoms with Gasteiger partial charge in [-0.05, 0) is 79.1 Å². The van der Waals surface area contributed by atoms with Gasteiger partial charge < -0.3 is 14.8 Å². The van der Waals surface area contributed by atoms with Gasteiger partial charge >= 0.3 is 6.03 Å². The Hall–Kier alpha value is -4.34. The van der Waals surface area contributed by atoms with E-state index in [1.807, 2.05) is 32.0 Å². The summed E-state index contributed by atoms with van der Waals surface area (Å²) in [5.41, 5.74) is 2.81. The first-order chi connectivity index (χ1) is 18.6. The van der Waals surface area contributed by atoms with Gasteiger partial charge in [-0.15, -0.1) is 0 Å². The molecule has 4 rings (SSSR count). The monoisotopic (exact) mass is 567 g/mol. The number of urea groups is 1. The van der Waals surface area contributed by atoms with Crippen LogP contribution in [0.5, 0.6) is 11.5 Å². The Morgan fingerprint density at radius 2 is 1.67 bits per heavy atom. The van der Waals surface area contributed by atoms with E-state index >= 15 is 0 Å². The number of benzene rings is 3. The van der Waals surface area contributed by atoms with Gasteiger partial charge in [-0.3, -0.25) is 19.7 Å². The molecule has 0 bridgehead atoms. The normalized spacial score (nSPS) is 14.3. The number of amides is 5. The lowest BCUT2D eigenvalue weighted by molar-refractivity contribution is -0.122. The van der Waals surface area contributed by atoms with Gasteiger partial charge in [-0.1, -0.05) is 35.3 Å². The Bertz CT molecular complexity index is 1500. The highest BCUT2D eigenvalue weighted by Crippen LogP contribution is 2.35. The number of hydrogen-bond acceptors (Lipinski definition) is 6. The molecule has 0 saturated carbocycles. The zero-order valence-electron chi connectivity index (χ0n) is 21.1.